The van der Waals surface area contributed by atoms with E-state index in [4.69, 9.17) is 23.2 Å². The summed E-state index contributed by atoms with van der Waals surface area (Å²) < 4.78 is -0.987. The number of carbonyl (C=O) groups excluding carboxylic acids is 2. The molecule has 92 valence electrons. The third kappa shape index (κ3) is 2.28. The number of rotatable bonds is 3. The summed E-state index contributed by atoms with van der Waals surface area (Å²) in [5.74, 6) is -0.317. The molecule has 0 bridgehead atoms. The van der Waals surface area contributed by atoms with Gasteiger partial charge in [-0.1, -0.05) is 0 Å². The molecule has 16 heavy (non-hydrogen) atoms. The van der Waals surface area contributed by atoms with Gasteiger partial charge in [-0.25, -0.2) is 0 Å². The zero-order valence-corrected chi connectivity index (χ0v) is 11.4. The Morgan fingerprint density at radius 3 is 2.00 bits per heavy atom. The number of nitrogens with zero attached hydrogens (tertiary/aromatic N) is 2. The first kappa shape index (κ1) is 13.6. The van der Waals surface area contributed by atoms with Crippen molar-refractivity contribution in [3.8, 4) is 0 Å². The van der Waals surface area contributed by atoms with E-state index in [1.807, 2.05) is 0 Å². The van der Waals surface area contributed by atoms with Crippen LogP contribution in [0, 0.1) is 5.41 Å². The third-order valence-corrected chi connectivity index (χ3v) is 4.05. The van der Waals surface area contributed by atoms with E-state index in [0.29, 0.717) is 6.42 Å². The number of hydrogen-bond donors (Lipinski definition) is 0. The van der Waals surface area contributed by atoms with Crippen LogP contribution in [0.3, 0.4) is 0 Å². The number of alkyl halides is 2. The molecule has 1 fully saturated rings. The molecular weight excluding hydrogens is 251 g/mol. The van der Waals surface area contributed by atoms with Crippen molar-refractivity contribution in [1.29, 1.82) is 0 Å². The van der Waals surface area contributed by atoms with Gasteiger partial charge >= 0.3 is 0 Å². The largest absolute Gasteiger partial charge is 0.347 e. The van der Waals surface area contributed by atoms with Crippen LogP contribution in [-0.4, -0.2) is 53.6 Å². The van der Waals surface area contributed by atoms with Gasteiger partial charge in [0.05, 0.1) is 12.0 Å². The molecule has 0 aromatic rings. The Labute approximate surface area is 105 Å². The smallest absolute Gasteiger partial charge is 0.241 e. The summed E-state index contributed by atoms with van der Waals surface area (Å²) >= 11 is 11.8. The van der Waals surface area contributed by atoms with E-state index < -0.39 is 9.75 Å². The Kier molecular flexibility index (Phi) is 3.46. The minimum Gasteiger partial charge on any atom is -0.347 e. The van der Waals surface area contributed by atoms with Gasteiger partial charge in [-0.2, -0.15) is 0 Å². The van der Waals surface area contributed by atoms with E-state index in [2.05, 4.69) is 0 Å². The van der Waals surface area contributed by atoms with Gasteiger partial charge in [0.15, 0.2) is 0 Å². The molecule has 0 aromatic carbocycles. The Balaban J connectivity index is 2.60. The highest BCUT2D eigenvalue weighted by Crippen LogP contribution is 2.64. The molecule has 0 unspecified atom stereocenters. The number of hydrogen-bond acceptors (Lipinski definition) is 2. The van der Waals surface area contributed by atoms with Crippen LogP contribution in [0.1, 0.15) is 13.3 Å². The Hall–Kier alpha value is -0.480. The van der Waals surface area contributed by atoms with Crippen molar-refractivity contribution in [2.75, 3.05) is 27.7 Å². The van der Waals surface area contributed by atoms with Gasteiger partial charge < -0.3 is 9.80 Å². The fraction of sp³-hybridized carbons (Fsp3) is 0.800. The molecule has 1 atom stereocenters. The highest BCUT2D eigenvalue weighted by atomic mass is 35.5. The van der Waals surface area contributed by atoms with Gasteiger partial charge in [-0.05, 0) is 13.3 Å². The first-order valence-corrected chi connectivity index (χ1v) is 5.71. The lowest BCUT2D eigenvalue weighted by molar-refractivity contribution is -0.141. The van der Waals surface area contributed by atoms with Gasteiger partial charge in [0.1, 0.15) is 4.33 Å². The minimum absolute atomic E-state index is 0.0469. The normalized spacial score (nSPS) is 26.1. The van der Waals surface area contributed by atoms with Crippen molar-refractivity contribution in [2.45, 2.75) is 17.7 Å². The Morgan fingerprint density at radius 2 is 1.69 bits per heavy atom. The van der Waals surface area contributed by atoms with Gasteiger partial charge in [-0.3, -0.25) is 9.59 Å². The summed E-state index contributed by atoms with van der Waals surface area (Å²) in [6.45, 7) is 1.76. The highest BCUT2D eigenvalue weighted by molar-refractivity contribution is 6.53. The molecule has 1 aliphatic rings. The van der Waals surface area contributed by atoms with Crippen LogP contribution in [0.15, 0.2) is 0 Å². The summed E-state index contributed by atoms with van der Waals surface area (Å²) in [6.07, 6.45) is 0.433. The van der Waals surface area contributed by atoms with Gasteiger partial charge in [0, 0.05) is 21.1 Å². The van der Waals surface area contributed by atoms with Crippen LogP contribution < -0.4 is 0 Å². The van der Waals surface area contributed by atoms with Crippen molar-refractivity contribution in [2.24, 2.45) is 5.41 Å². The van der Waals surface area contributed by atoms with Crippen LogP contribution in [0.5, 0.6) is 0 Å². The SMILES string of the molecule is CN(C)C(=O)CN(C)C(=O)[C@@]1(C)CC1(Cl)Cl. The monoisotopic (exact) mass is 266 g/mol. The Bertz CT molecular complexity index is 331. The fourth-order valence-electron chi connectivity index (χ4n) is 1.47. The van der Waals surface area contributed by atoms with Gasteiger partial charge in [0.25, 0.3) is 0 Å². The molecule has 4 nitrogen and oxygen atoms in total. The maximum Gasteiger partial charge on any atom is 0.241 e. The molecular formula is C10H16Cl2N2O2. The number of likely N-dealkylation sites (N-methyl/N-ethyl adjacent to an activating group) is 2. The zero-order chi connectivity index (χ0) is 12.7. The maximum absolute atomic E-state index is 12.0. The predicted molar refractivity (Wildman–Crippen MR) is 63.5 cm³/mol. The molecule has 2 amide bonds. The third-order valence-electron chi connectivity index (χ3n) is 2.95. The van der Waals surface area contributed by atoms with E-state index >= 15 is 0 Å². The van der Waals surface area contributed by atoms with Crippen LogP contribution in [0.25, 0.3) is 0 Å². The van der Waals surface area contributed by atoms with E-state index in [1.165, 1.54) is 9.80 Å². The molecule has 0 spiro atoms. The second kappa shape index (κ2) is 4.08. The fourth-order valence-corrected chi connectivity index (χ4v) is 2.17. The lowest BCUT2D eigenvalue weighted by Gasteiger charge is -2.23. The zero-order valence-electron chi connectivity index (χ0n) is 9.88. The summed E-state index contributed by atoms with van der Waals surface area (Å²) in [6, 6.07) is 0. The number of halogens is 2. The topological polar surface area (TPSA) is 40.6 Å². The lowest BCUT2D eigenvalue weighted by atomic mass is 10.1. The second-order valence-corrected chi connectivity index (χ2v) is 6.15. The average Bonchev–Trinajstić information content (AvgIpc) is 2.65. The first-order chi connectivity index (χ1) is 7.12. The summed E-state index contributed by atoms with van der Waals surface area (Å²) in [5.41, 5.74) is -0.753. The van der Waals surface area contributed by atoms with Crippen LogP contribution >= 0.6 is 23.2 Å². The van der Waals surface area contributed by atoms with Crippen molar-refractivity contribution < 1.29 is 9.59 Å². The summed E-state index contributed by atoms with van der Waals surface area (Å²) in [5, 5.41) is 0. The standard InChI is InChI=1S/C10H16Cl2N2O2/c1-9(6-10(9,11)12)8(16)14(4)5-7(15)13(2)3/h5-6H2,1-4H3/t9-/m1/s1. The van der Waals surface area contributed by atoms with Crippen molar-refractivity contribution in [3.63, 3.8) is 0 Å². The lowest BCUT2D eigenvalue weighted by Crippen LogP contribution is -2.41. The van der Waals surface area contributed by atoms with Crippen LogP contribution in [0.4, 0.5) is 0 Å². The molecule has 0 N–H and O–H groups in total. The predicted octanol–water partition coefficient (Wildman–Crippen LogP) is 1.12. The molecule has 0 aromatic heterocycles. The number of amides is 2. The maximum atomic E-state index is 12.0. The summed E-state index contributed by atoms with van der Waals surface area (Å²) in [7, 11) is 4.87. The molecule has 1 aliphatic carbocycles. The van der Waals surface area contributed by atoms with Crippen molar-refractivity contribution in [3.05, 3.63) is 0 Å². The van der Waals surface area contributed by atoms with Gasteiger partial charge in [-0.15, -0.1) is 23.2 Å². The molecule has 0 radical (unpaired) electrons. The molecule has 0 aliphatic heterocycles. The average molecular weight is 267 g/mol. The highest BCUT2D eigenvalue weighted by Gasteiger charge is 2.68. The van der Waals surface area contributed by atoms with E-state index in [0.717, 1.165) is 0 Å². The quantitative estimate of drug-likeness (QED) is 0.719. The molecule has 1 saturated carbocycles. The molecule has 6 heteroatoms. The summed E-state index contributed by atoms with van der Waals surface area (Å²) in [4.78, 5) is 26.2. The Morgan fingerprint density at radius 1 is 1.25 bits per heavy atom. The van der Waals surface area contributed by atoms with E-state index in [9.17, 15) is 9.59 Å². The minimum atomic E-state index is -0.987. The second-order valence-electron chi connectivity index (χ2n) is 4.66. The van der Waals surface area contributed by atoms with Crippen molar-refractivity contribution >= 4 is 35.0 Å². The molecule has 1 rings (SSSR count). The van der Waals surface area contributed by atoms with Crippen molar-refractivity contribution in [1.82, 2.24) is 9.80 Å². The molecule has 0 heterocycles. The van der Waals surface area contributed by atoms with Gasteiger partial charge in [0.2, 0.25) is 11.8 Å². The molecule has 0 saturated heterocycles. The first-order valence-electron chi connectivity index (χ1n) is 4.95. The van der Waals surface area contributed by atoms with E-state index in [1.54, 1.807) is 28.1 Å². The van der Waals surface area contributed by atoms with Crippen LogP contribution in [-0.2, 0) is 9.59 Å². The van der Waals surface area contributed by atoms with Crippen LogP contribution in [0.2, 0.25) is 0 Å². The van der Waals surface area contributed by atoms with E-state index in [-0.39, 0.29) is 18.4 Å². The number of carbonyl (C=O) groups is 2.